The van der Waals surface area contributed by atoms with Gasteiger partial charge in [-0.2, -0.15) is 0 Å². The molecule has 140 valence electrons. The number of benzene rings is 2. The summed E-state index contributed by atoms with van der Waals surface area (Å²) in [7, 11) is 3.35. The molecule has 7 nitrogen and oxygen atoms in total. The third-order valence-corrected chi connectivity index (χ3v) is 3.66. The Kier molecular flexibility index (Phi) is 7.95. The second-order valence-electron chi connectivity index (χ2n) is 5.44. The summed E-state index contributed by atoms with van der Waals surface area (Å²) in [5.74, 6) is -1.95. The van der Waals surface area contributed by atoms with Crippen LogP contribution in [0.1, 0.15) is 16.7 Å². The van der Waals surface area contributed by atoms with Crippen LogP contribution in [0.5, 0.6) is 11.5 Å². The van der Waals surface area contributed by atoms with E-state index in [1.165, 1.54) is 11.1 Å². The molecule has 0 fully saturated rings. The fourth-order valence-electron chi connectivity index (χ4n) is 2.07. The molecule has 2 rings (SSSR count). The lowest BCUT2D eigenvalue weighted by molar-refractivity contribution is -0.159. The number of carboxylic acid groups (broad SMARTS) is 2. The molecule has 0 aromatic heterocycles. The van der Waals surface area contributed by atoms with Crippen LogP contribution in [0, 0.1) is 13.8 Å². The largest absolute Gasteiger partial charge is 0.497 e. The Morgan fingerprint density at radius 2 is 1.58 bits per heavy atom. The first-order valence-corrected chi connectivity index (χ1v) is 7.76. The monoisotopic (exact) mass is 361 g/mol. The zero-order valence-corrected chi connectivity index (χ0v) is 15.2. The van der Waals surface area contributed by atoms with Gasteiger partial charge in [0.25, 0.3) is 0 Å². The molecule has 0 bridgehead atoms. The lowest BCUT2D eigenvalue weighted by atomic mass is 10.1. The van der Waals surface area contributed by atoms with Crippen LogP contribution in [0.4, 0.5) is 5.69 Å². The summed E-state index contributed by atoms with van der Waals surface area (Å²) in [6.07, 6.45) is 0. The fourth-order valence-corrected chi connectivity index (χ4v) is 2.07. The van der Waals surface area contributed by atoms with Crippen molar-refractivity contribution in [3.05, 3.63) is 53.1 Å². The first-order chi connectivity index (χ1) is 12.3. The molecule has 0 radical (unpaired) electrons. The van der Waals surface area contributed by atoms with E-state index in [2.05, 4.69) is 37.4 Å². The van der Waals surface area contributed by atoms with Crippen molar-refractivity contribution < 1.29 is 29.3 Å². The van der Waals surface area contributed by atoms with Crippen molar-refractivity contribution >= 4 is 17.6 Å². The molecule has 26 heavy (non-hydrogen) atoms. The number of hydrogen-bond donors (Lipinski definition) is 3. The summed E-state index contributed by atoms with van der Waals surface area (Å²) >= 11 is 0. The van der Waals surface area contributed by atoms with E-state index in [9.17, 15) is 0 Å². The van der Waals surface area contributed by atoms with Crippen molar-refractivity contribution in [2.24, 2.45) is 0 Å². The molecule has 0 saturated carbocycles. The minimum atomic E-state index is -1.82. The normalized spacial score (nSPS) is 9.54. The van der Waals surface area contributed by atoms with Crippen LogP contribution in [0.25, 0.3) is 0 Å². The SMILES string of the molecule is COc1ccc(OC)c(CNc2ccc(C)c(C)c2)c1.O=C(O)C(=O)O. The van der Waals surface area contributed by atoms with Crippen LogP contribution >= 0.6 is 0 Å². The first-order valence-electron chi connectivity index (χ1n) is 7.76. The average Bonchev–Trinajstić information content (AvgIpc) is 2.62. The van der Waals surface area contributed by atoms with E-state index in [1.807, 2.05) is 18.2 Å². The summed E-state index contributed by atoms with van der Waals surface area (Å²) in [5.41, 5.74) is 4.77. The molecule has 7 heteroatoms. The van der Waals surface area contributed by atoms with Crippen LogP contribution in [0.2, 0.25) is 0 Å². The van der Waals surface area contributed by atoms with Gasteiger partial charge in [-0.15, -0.1) is 0 Å². The van der Waals surface area contributed by atoms with Gasteiger partial charge >= 0.3 is 11.9 Å². The zero-order valence-electron chi connectivity index (χ0n) is 15.2. The molecule has 0 aliphatic heterocycles. The molecule has 0 heterocycles. The Hall–Kier alpha value is -3.22. The predicted octanol–water partition coefficient (Wildman–Crippen LogP) is 3.09. The quantitative estimate of drug-likeness (QED) is 0.703. The number of aryl methyl sites for hydroxylation is 2. The summed E-state index contributed by atoms with van der Waals surface area (Å²) in [5, 5.41) is 18.2. The molecule has 0 spiro atoms. The molecule has 0 amide bonds. The minimum Gasteiger partial charge on any atom is -0.497 e. The van der Waals surface area contributed by atoms with Crippen molar-refractivity contribution in [3.8, 4) is 11.5 Å². The van der Waals surface area contributed by atoms with Gasteiger partial charge in [0.1, 0.15) is 11.5 Å². The molecule has 0 unspecified atom stereocenters. The van der Waals surface area contributed by atoms with Gasteiger partial charge in [-0.05, 0) is 55.3 Å². The molecule has 0 saturated heterocycles. The second-order valence-corrected chi connectivity index (χ2v) is 5.44. The topological polar surface area (TPSA) is 105 Å². The van der Waals surface area contributed by atoms with Gasteiger partial charge in [0.2, 0.25) is 0 Å². The Bertz CT molecular complexity index is 761. The van der Waals surface area contributed by atoms with E-state index in [0.717, 1.165) is 22.7 Å². The van der Waals surface area contributed by atoms with E-state index in [0.29, 0.717) is 6.54 Å². The Labute approximate surface area is 152 Å². The highest BCUT2D eigenvalue weighted by Gasteiger charge is 2.05. The van der Waals surface area contributed by atoms with Crippen LogP contribution in [0.3, 0.4) is 0 Å². The molecular formula is C19H23NO6. The van der Waals surface area contributed by atoms with E-state index in [-0.39, 0.29) is 0 Å². The highest BCUT2D eigenvalue weighted by Crippen LogP contribution is 2.25. The number of carboxylic acids is 2. The van der Waals surface area contributed by atoms with Crippen LogP contribution in [-0.2, 0) is 16.1 Å². The number of ether oxygens (including phenoxy) is 2. The first kappa shape index (κ1) is 20.8. The lowest BCUT2D eigenvalue weighted by Gasteiger charge is -2.13. The van der Waals surface area contributed by atoms with Gasteiger partial charge in [0.15, 0.2) is 0 Å². The second kappa shape index (κ2) is 9.93. The summed E-state index contributed by atoms with van der Waals surface area (Å²) in [4.78, 5) is 18.2. The maximum Gasteiger partial charge on any atom is 0.414 e. The maximum atomic E-state index is 9.10. The van der Waals surface area contributed by atoms with Gasteiger partial charge in [-0.1, -0.05) is 6.07 Å². The molecular weight excluding hydrogens is 338 g/mol. The van der Waals surface area contributed by atoms with E-state index >= 15 is 0 Å². The fraction of sp³-hybridized carbons (Fsp3) is 0.263. The van der Waals surface area contributed by atoms with Gasteiger partial charge in [0, 0.05) is 17.8 Å². The van der Waals surface area contributed by atoms with Crippen molar-refractivity contribution in [1.82, 2.24) is 0 Å². The van der Waals surface area contributed by atoms with Crippen LogP contribution < -0.4 is 14.8 Å². The molecule has 2 aromatic rings. The van der Waals surface area contributed by atoms with Gasteiger partial charge in [-0.3, -0.25) is 0 Å². The van der Waals surface area contributed by atoms with Crippen molar-refractivity contribution in [2.45, 2.75) is 20.4 Å². The van der Waals surface area contributed by atoms with Crippen molar-refractivity contribution in [1.29, 1.82) is 0 Å². The third-order valence-electron chi connectivity index (χ3n) is 3.66. The highest BCUT2D eigenvalue weighted by molar-refractivity contribution is 6.27. The van der Waals surface area contributed by atoms with Crippen molar-refractivity contribution in [2.75, 3.05) is 19.5 Å². The Morgan fingerprint density at radius 1 is 0.923 bits per heavy atom. The zero-order chi connectivity index (χ0) is 19.7. The summed E-state index contributed by atoms with van der Waals surface area (Å²) in [6, 6.07) is 12.2. The van der Waals surface area contributed by atoms with E-state index in [1.54, 1.807) is 14.2 Å². The lowest BCUT2D eigenvalue weighted by Crippen LogP contribution is -2.09. The number of carbonyl (C=O) groups is 2. The molecule has 0 atom stereocenters. The third kappa shape index (κ3) is 6.35. The van der Waals surface area contributed by atoms with E-state index in [4.69, 9.17) is 29.3 Å². The summed E-state index contributed by atoms with van der Waals surface area (Å²) in [6.45, 7) is 4.93. The molecule has 2 aromatic carbocycles. The molecule has 0 aliphatic carbocycles. The number of methoxy groups -OCH3 is 2. The number of anilines is 1. The standard InChI is InChI=1S/C17H21NO2.C2H2O4/c1-12-5-6-15(9-13(12)2)18-11-14-10-16(19-3)7-8-17(14)20-4;3-1(4)2(5)6/h5-10,18H,11H2,1-4H3;(H,3,4)(H,5,6). The Balaban J connectivity index is 0.000000487. The summed E-state index contributed by atoms with van der Waals surface area (Å²) < 4.78 is 10.6. The minimum absolute atomic E-state index is 0.697. The number of aliphatic carboxylic acids is 2. The van der Waals surface area contributed by atoms with Crippen LogP contribution in [-0.4, -0.2) is 36.4 Å². The molecule has 0 aliphatic rings. The Morgan fingerprint density at radius 3 is 2.08 bits per heavy atom. The number of hydrogen-bond acceptors (Lipinski definition) is 5. The molecule has 3 N–H and O–H groups in total. The average molecular weight is 361 g/mol. The van der Waals surface area contributed by atoms with Crippen LogP contribution in [0.15, 0.2) is 36.4 Å². The number of nitrogens with one attached hydrogen (secondary N) is 1. The maximum absolute atomic E-state index is 9.10. The number of rotatable bonds is 5. The predicted molar refractivity (Wildman–Crippen MR) is 98.1 cm³/mol. The van der Waals surface area contributed by atoms with Gasteiger partial charge in [0.05, 0.1) is 14.2 Å². The highest BCUT2D eigenvalue weighted by atomic mass is 16.5. The van der Waals surface area contributed by atoms with Crippen molar-refractivity contribution in [3.63, 3.8) is 0 Å². The van der Waals surface area contributed by atoms with Gasteiger partial charge < -0.3 is 25.0 Å². The van der Waals surface area contributed by atoms with E-state index < -0.39 is 11.9 Å². The van der Waals surface area contributed by atoms with Gasteiger partial charge in [-0.25, -0.2) is 9.59 Å². The smallest absolute Gasteiger partial charge is 0.414 e.